The molecule has 2 aliphatic heterocycles. The highest BCUT2D eigenvalue weighted by molar-refractivity contribution is 5.71. The molecule has 4 rings (SSSR count). The Kier molecular flexibility index (Phi) is 3.19. The molecule has 21 heavy (non-hydrogen) atoms. The molecule has 0 amide bonds. The number of nitrogens with zero attached hydrogens (tertiary/aromatic N) is 1. The first kappa shape index (κ1) is 12.9. The number of anilines is 1. The van der Waals surface area contributed by atoms with Gasteiger partial charge in [0.05, 0.1) is 0 Å². The summed E-state index contributed by atoms with van der Waals surface area (Å²) in [6.45, 7) is 5.54. The van der Waals surface area contributed by atoms with Crippen molar-refractivity contribution in [3.05, 3.63) is 53.6 Å². The van der Waals surface area contributed by atoms with Crippen molar-refractivity contribution < 1.29 is 0 Å². The number of benzene rings is 2. The third-order valence-electron chi connectivity index (χ3n) is 4.85. The summed E-state index contributed by atoms with van der Waals surface area (Å²) in [6.07, 6.45) is 2.46. The average molecular weight is 278 g/mol. The Labute approximate surface area is 126 Å². The number of hydrogen-bond acceptors (Lipinski definition) is 2. The van der Waals surface area contributed by atoms with E-state index in [2.05, 4.69) is 59.6 Å². The van der Waals surface area contributed by atoms with Gasteiger partial charge in [-0.15, -0.1) is 0 Å². The van der Waals surface area contributed by atoms with Crippen LogP contribution in [0.4, 0.5) is 5.69 Å². The van der Waals surface area contributed by atoms with E-state index in [1.54, 1.807) is 0 Å². The summed E-state index contributed by atoms with van der Waals surface area (Å²) in [5, 5.41) is 3.51. The van der Waals surface area contributed by atoms with Crippen LogP contribution in [0.2, 0.25) is 0 Å². The number of rotatable bonds is 1. The maximum absolute atomic E-state index is 3.51. The van der Waals surface area contributed by atoms with Gasteiger partial charge in [-0.05, 0) is 55.1 Å². The minimum atomic E-state index is 0.697. The highest BCUT2D eigenvalue weighted by Crippen LogP contribution is 2.36. The van der Waals surface area contributed by atoms with Crippen molar-refractivity contribution in [1.29, 1.82) is 0 Å². The lowest BCUT2D eigenvalue weighted by molar-refractivity contribution is 0.612. The van der Waals surface area contributed by atoms with Gasteiger partial charge < -0.3 is 10.2 Å². The van der Waals surface area contributed by atoms with E-state index in [0.29, 0.717) is 6.04 Å². The zero-order valence-corrected chi connectivity index (χ0v) is 12.6. The number of aryl methyl sites for hydroxylation is 1. The standard InChI is InChI=1S/C19H22N2/c1-14-2-4-15(5-3-14)16-6-7-19-17(12-16)13-18-8-9-20-10-11-21(18)19/h2-7,12,18,20H,8-11,13H2,1H3. The molecule has 1 N–H and O–H groups in total. The summed E-state index contributed by atoms with van der Waals surface area (Å²) in [4.78, 5) is 2.61. The second kappa shape index (κ2) is 5.19. The van der Waals surface area contributed by atoms with Crippen LogP contribution < -0.4 is 10.2 Å². The maximum Gasteiger partial charge on any atom is 0.0403 e. The van der Waals surface area contributed by atoms with Crippen LogP contribution in [0.25, 0.3) is 11.1 Å². The SMILES string of the molecule is Cc1ccc(-c2ccc3c(c2)CC2CCNCCN32)cc1. The number of nitrogens with one attached hydrogen (secondary N) is 1. The molecule has 0 aromatic heterocycles. The fraction of sp³-hybridized carbons (Fsp3) is 0.368. The predicted molar refractivity (Wildman–Crippen MR) is 88.9 cm³/mol. The monoisotopic (exact) mass is 278 g/mol. The van der Waals surface area contributed by atoms with Gasteiger partial charge in [-0.2, -0.15) is 0 Å². The summed E-state index contributed by atoms with van der Waals surface area (Å²) >= 11 is 0. The largest absolute Gasteiger partial charge is 0.367 e. The molecule has 2 nitrogen and oxygen atoms in total. The molecule has 108 valence electrons. The summed E-state index contributed by atoms with van der Waals surface area (Å²) in [7, 11) is 0. The molecular formula is C19H22N2. The van der Waals surface area contributed by atoms with E-state index in [-0.39, 0.29) is 0 Å². The van der Waals surface area contributed by atoms with Crippen LogP contribution in [0.15, 0.2) is 42.5 Å². The van der Waals surface area contributed by atoms with Gasteiger partial charge in [0.2, 0.25) is 0 Å². The Morgan fingerprint density at radius 1 is 1.00 bits per heavy atom. The molecule has 0 spiro atoms. The molecule has 1 fully saturated rings. The molecule has 2 heteroatoms. The molecule has 0 saturated carbocycles. The van der Waals surface area contributed by atoms with Crippen molar-refractivity contribution >= 4 is 5.69 Å². The fourth-order valence-electron chi connectivity index (χ4n) is 3.67. The zero-order chi connectivity index (χ0) is 14.2. The lowest BCUT2D eigenvalue weighted by Gasteiger charge is -2.24. The lowest BCUT2D eigenvalue weighted by Crippen LogP contribution is -2.32. The topological polar surface area (TPSA) is 15.3 Å². The molecule has 1 saturated heterocycles. The van der Waals surface area contributed by atoms with Crippen LogP contribution in [0.1, 0.15) is 17.5 Å². The van der Waals surface area contributed by atoms with Crippen LogP contribution in [0.5, 0.6) is 0 Å². The van der Waals surface area contributed by atoms with Crippen LogP contribution in [-0.2, 0) is 6.42 Å². The van der Waals surface area contributed by atoms with Crippen molar-refractivity contribution in [2.24, 2.45) is 0 Å². The van der Waals surface area contributed by atoms with Crippen molar-refractivity contribution in [3.63, 3.8) is 0 Å². The Morgan fingerprint density at radius 2 is 1.81 bits per heavy atom. The van der Waals surface area contributed by atoms with E-state index in [9.17, 15) is 0 Å². The molecule has 2 aliphatic rings. The van der Waals surface area contributed by atoms with Gasteiger partial charge in [-0.3, -0.25) is 0 Å². The van der Waals surface area contributed by atoms with E-state index < -0.39 is 0 Å². The van der Waals surface area contributed by atoms with Gasteiger partial charge in [0, 0.05) is 24.8 Å². The van der Waals surface area contributed by atoms with E-state index in [1.165, 1.54) is 40.8 Å². The Balaban J connectivity index is 1.68. The third kappa shape index (κ3) is 2.34. The van der Waals surface area contributed by atoms with Gasteiger partial charge in [-0.25, -0.2) is 0 Å². The first-order valence-electron chi connectivity index (χ1n) is 7.98. The highest BCUT2D eigenvalue weighted by atomic mass is 15.2. The van der Waals surface area contributed by atoms with Gasteiger partial charge in [0.15, 0.2) is 0 Å². The Hall–Kier alpha value is -1.80. The molecule has 0 aliphatic carbocycles. The second-order valence-corrected chi connectivity index (χ2v) is 6.30. The highest BCUT2D eigenvalue weighted by Gasteiger charge is 2.29. The fourth-order valence-corrected chi connectivity index (χ4v) is 3.67. The molecule has 1 unspecified atom stereocenters. The second-order valence-electron chi connectivity index (χ2n) is 6.30. The maximum atomic E-state index is 3.51. The van der Waals surface area contributed by atoms with E-state index in [0.717, 1.165) is 19.6 Å². The Bertz CT molecular complexity index is 645. The van der Waals surface area contributed by atoms with Crippen molar-refractivity contribution in [2.75, 3.05) is 24.5 Å². The van der Waals surface area contributed by atoms with Crippen molar-refractivity contribution in [3.8, 4) is 11.1 Å². The summed E-state index contributed by atoms with van der Waals surface area (Å²) in [5.41, 5.74) is 6.98. The van der Waals surface area contributed by atoms with Crippen LogP contribution >= 0.6 is 0 Å². The molecule has 2 heterocycles. The lowest BCUT2D eigenvalue weighted by atomic mass is 10.00. The minimum absolute atomic E-state index is 0.697. The quantitative estimate of drug-likeness (QED) is 0.860. The molecule has 0 radical (unpaired) electrons. The number of fused-ring (bicyclic) bond motifs is 3. The van der Waals surface area contributed by atoms with Gasteiger partial charge in [0.25, 0.3) is 0 Å². The van der Waals surface area contributed by atoms with E-state index in [1.807, 2.05) is 0 Å². The van der Waals surface area contributed by atoms with Gasteiger partial charge in [-0.1, -0.05) is 35.9 Å². The number of hydrogen-bond donors (Lipinski definition) is 1. The normalized spacial score (nSPS) is 20.8. The summed E-state index contributed by atoms with van der Waals surface area (Å²) in [6, 6.07) is 16.6. The molecule has 0 bridgehead atoms. The van der Waals surface area contributed by atoms with E-state index in [4.69, 9.17) is 0 Å². The van der Waals surface area contributed by atoms with Crippen LogP contribution in [-0.4, -0.2) is 25.7 Å². The molecule has 2 aromatic carbocycles. The summed E-state index contributed by atoms with van der Waals surface area (Å²) < 4.78 is 0. The smallest absolute Gasteiger partial charge is 0.0403 e. The van der Waals surface area contributed by atoms with Crippen molar-refractivity contribution in [1.82, 2.24) is 5.32 Å². The van der Waals surface area contributed by atoms with Gasteiger partial charge in [0.1, 0.15) is 0 Å². The molecule has 1 atom stereocenters. The average Bonchev–Trinajstić information content (AvgIpc) is 2.68. The van der Waals surface area contributed by atoms with Crippen molar-refractivity contribution in [2.45, 2.75) is 25.8 Å². The third-order valence-corrected chi connectivity index (χ3v) is 4.85. The Morgan fingerprint density at radius 3 is 2.67 bits per heavy atom. The first-order chi connectivity index (χ1) is 10.3. The van der Waals surface area contributed by atoms with Crippen LogP contribution in [0.3, 0.4) is 0 Å². The minimum Gasteiger partial charge on any atom is -0.367 e. The molecular weight excluding hydrogens is 256 g/mol. The van der Waals surface area contributed by atoms with E-state index >= 15 is 0 Å². The summed E-state index contributed by atoms with van der Waals surface area (Å²) in [5.74, 6) is 0. The predicted octanol–water partition coefficient (Wildman–Crippen LogP) is 3.39. The zero-order valence-electron chi connectivity index (χ0n) is 12.6. The first-order valence-corrected chi connectivity index (χ1v) is 7.98. The molecule has 2 aromatic rings. The van der Waals surface area contributed by atoms with Crippen LogP contribution in [0, 0.1) is 6.92 Å². The van der Waals surface area contributed by atoms with Gasteiger partial charge >= 0.3 is 0 Å².